The fourth-order valence-corrected chi connectivity index (χ4v) is 2.13. The SMILES string of the molecule is CC(CN)C1CC1C1CC1. The van der Waals surface area contributed by atoms with E-state index in [1.807, 2.05) is 0 Å². The normalized spacial score (nSPS) is 41.4. The second kappa shape index (κ2) is 2.23. The van der Waals surface area contributed by atoms with E-state index >= 15 is 0 Å². The summed E-state index contributed by atoms with van der Waals surface area (Å²) in [5.41, 5.74) is 5.60. The Kier molecular flexibility index (Phi) is 1.48. The van der Waals surface area contributed by atoms with Gasteiger partial charge in [0.1, 0.15) is 0 Å². The second-order valence-electron chi connectivity index (χ2n) is 4.11. The van der Waals surface area contributed by atoms with Crippen molar-refractivity contribution in [3.05, 3.63) is 0 Å². The highest BCUT2D eigenvalue weighted by Gasteiger charge is 2.48. The van der Waals surface area contributed by atoms with E-state index in [0.717, 1.165) is 30.2 Å². The average Bonchev–Trinajstić information content (AvgIpc) is 2.74. The van der Waals surface area contributed by atoms with Gasteiger partial charge < -0.3 is 5.73 Å². The summed E-state index contributed by atoms with van der Waals surface area (Å²) in [6.07, 6.45) is 4.51. The van der Waals surface area contributed by atoms with Gasteiger partial charge in [-0.15, -0.1) is 0 Å². The van der Waals surface area contributed by atoms with Gasteiger partial charge in [0.2, 0.25) is 0 Å². The fourth-order valence-electron chi connectivity index (χ4n) is 2.13. The molecule has 3 atom stereocenters. The summed E-state index contributed by atoms with van der Waals surface area (Å²) >= 11 is 0. The largest absolute Gasteiger partial charge is 0.330 e. The Morgan fingerprint density at radius 2 is 2.20 bits per heavy atom. The van der Waals surface area contributed by atoms with E-state index in [4.69, 9.17) is 5.73 Å². The number of nitrogens with two attached hydrogens (primary N) is 1. The molecule has 0 bridgehead atoms. The molecule has 1 heteroatoms. The van der Waals surface area contributed by atoms with E-state index in [-0.39, 0.29) is 0 Å². The Balaban J connectivity index is 1.77. The maximum absolute atomic E-state index is 5.60. The van der Waals surface area contributed by atoms with Crippen molar-refractivity contribution in [3.8, 4) is 0 Å². The quantitative estimate of drug-likeness (QED) is 0.632. The van der Waals surface area contributed by atoms with Crippen molar-refractivity contribution in [2.24, 2.45) is 29.4 Å². The zero-order valence-corrected chi connectivity index (χ0v) is 6.72. The topological polar surface area (TPSA) is 26.0 Å². The number of hydrogen-bond acceptors (Lipinski definition) is 1. The van der Waals surface area contributed by atoms with Crippen LogP contribution in [0.15, 0.2) is 0 Å². The molecule has 2 aliphatic rings. The van der Waals surface area contributed by atoms with Crippen LogP contribution in [0.5, 0.6) is 0 Å². The molecule has 1 nitrogen and oxygen atoms in total. The maximum Gasteiger partial charge on any atom is -0.00487 e. The highest BCUT2D eigenvalue weighted by Crippen LogP contribution is 2.56. The van der Waals surface area contributed by atoms with Crippen molar-refractivity contribution in [2.45, 2.75) is 26.2 Å². The molecular weight excluding hydrogens is 122 g/mol. The Morgan fingerprint density at radius 3 is 2.70 bits per heavy atom. The molecule has 0 aliphatic heterocycles. The predicted octanol–water partition coefficient (Wildman–Crippen LogP) is 1.63. The van der Waals surface area contributed by atoms with Gasteiger partial charge in [-0.2, -0.15) is 0 Å². The van der Waals surface area contributed by atoms with E-state index in [1.54, 1.807) is 0 Å². The molecule has 0 aromatic rings. The van der Waals surface area contributed by atoms with E-state index in [1.165, 1.54) is 19.3 Å². The Hall–Kier alpha value is -0.0400. The van der Waals surface area contributed by atoms with E-state index in [0.29, 0.717) is 0 Å². The molecule has 2 aliphatic carbocycles. The van der Waals surface area contributed by atoms with Crippen LogP contribution < -0.4 is 5.73 Å². The molecule has 10 heavy (non-hydrogen) atoms. The molecule has 0 aromatic carbocycles. The van der Waals surface area contributed by atoms with Crippen LogP contribution in [0.4, 0.5) is 0 Å². The van der Waals surface area contributed by atoms with Gasteiger partial charge in [-0.1, -0.05) is 6.92 Å². The smallest absolute Gasteiger partial charge is 0.00487 e. The summed E-state index contributed by atoms with van der Waals surface area (Å²) in [5, 5.41) is 0. The first-order chi connectivity index (χ1) is 4.83. The second-order valence-corrected chi connectivity index (χ2v) is 4.11. The van der Waals surface area contributed by atoms with Gasteiger partial charge in [0, 0.05) is 0 Å². The highest BCUT2D eigenvalue weighted by molar-refractivity contribution is 4.98. The summed E-state index contributed by atoms with van der Waals surface area (Å²) in [6.45, 7) is 3.20. The predicted molar refractivity (Wildman–Crippen MR) is 42.5 cm³/mol. The lowest BCUT2D eigenvalue weighted by molar-refractivity contribution is 0.467. The summed E-state index contributed by atoms with van der Waals surface area (Å²) in [5.74, 6) is 4.03. The summed E-state index contributed by atoms with van der Waals surface area (Å²) in [7, 11) is 0. The molecule has 2 fully saturated rings. The Labute approximate surface area is 63.0 Å². The van der Waals surface area contributed by atoms with Crippen molar-refractivity contribution >= 4 is 0 Å². The van der Waals surface area contributed by atoms with E-state index in [2.05, 4.69) is 6.92 Å². The van der Waals surface area contributed by atoms with Crippen molar-refractivity contribution < 1.29 is 0 Å². The first-order valence-electron chi connectivity index (χ1n) is 4.53. The summed E-state index contributed by atoms with van der Waals surface area (Å²) in [4.78, 5) is 0. The lowest BCUT2D eigenvalue weighted by Crippen LogP contribution is -2.13. The Morgan fingerprint density at radius 1 is 1.50 bits per heavy atom. The van der Waals surface area contributed by atoms with Crippen molar-refractivity contribution in [2.75, 3.05) is 6.54 Å². The van der Waals surface area contributed by atoms with Crippen LogP contribution >= 0.6 is 0 Å². The van der Waals surface area contributed by atoms with Crippen LogP contribution in [0.2, 0.25) is 0 Å². The molecule has 58 valence electrons. The highest BCUT2D eigenvalue weighted by atomic mass is 14.6. The molecule has 2 saturated carbocycles. The molecule has 0 spiro atoms. The van der Waals surface area contributed by atoms with Crippen LogP contribution in [0.3, 0.4) is 0 Å². The number of rotatable bonds is 3. The lowest BCUT2D eigenvalue weighted by Gasteiger charge is -2.05. The molecular formula is C9H17N. The van der Waals surface area contributed by atoms with E-state index < -0.39 is 0 Å². The lowest BCUT2D eigenvalue weighted by atomic mass is 10.0. The van der Waals surface area contributed by atoms with Crippen molar-refractivity contribution in [3.63, 3.8) is 0 Å². The van der Waals surface area contributed by atoms with Crippen LogP contribution in [-0.4, -0.2) is 6.54 Å². The molecule has 0 saturated heterocycles. The molecule has 0 radical (unpaired) electrons. The van der Waals surface area contributed by atoms with Gasteiger partial charge in [-0.25, -0.2) is 0 Å². The molecule has 0 aromatic heterocycles. The number of hydrogen-bond donors (Lipinski definition) is 1. The van der Waals surface area contributed by atoms with Crippen LogP contribution in [0.25, 0.3) is 0 Å². The minimum Gasteiger partial charge on any atom is -0.330 e. The van der Waals surface area contributed by atoms with Crippen LogP contribution in [0, 0.1) is 23.7 Å². The monoisotopic (exact) mass is 139 g/mol. The van der Waals surface area contributed by atoms with Crippen LogP contribution in [-0.2, 0) is 0 Å². The van der Waals surface area contributed by atoms with Crippen LogP contribution in [0.1, 0.15) is 26.2 Å². The molecule has 2 N–H and O–H groups in total. The van der Waals surface area contributed by atoms with Gasteiger partial charge in [-0.3, -0.25) is 0 Å². The van der Waals surface area contributed by atoms with E-state index in [9.17, 15) is 0 Å². The van der Waals surface area contributed by atoms with Gasteiger partial charge >= 0.3 is 0 Å². The summed E-state index contributed by atoms with van der Waals surface area (Å²) in [6, 6.07) is 0. The standard InChI is InChI=1S/C9H17N/c1-6(5-10)8-4-9(8)7-2-3-7/h6-9H,2-5,10H2,1H3. The van der Waals surface area contributed by atoms with Gasteiger partial charge in [0.25, 0.3) is 0 Å². The molecule has 2 rings (SSSR count). The zero-order chi connectivity index (χ0) is 7.14. The third kappa shape index (κ3) is 1.07. The molecule has 0 heterocycles. The van der Waals surface area contributed by atoms with Crippen molar-refractivity contribution in [1.82, 2.24) is 0 Å². The van der Waals surface area contributed by atoms with Gasteiger partial charge in [0.15, 0.2) is 0 Å². The maximum atomic E-state index is 5.60. The van der Waals surface area contributed by atoms with Gasteiger partial charge in [0.05, 0.1) is 0 Å². The summed E-state index contributed by atoms with van der Waals surface area (Å²) < 4.78 is 0. The third-order valence-electron chi connectivity index (χ3n) is 3.22. The first-order valence-corrected chi connectivity index (χ1v) is 4.53. The van der Waals surface area contributed by atoms with Crippen molar-refractivity contribution in [1.29, 1.82) is 0 Å². The van der Waals surface area contributed by atoms with Gasteiger partial charge in [-0.05, 0) is 49.5 Å². The minimum atomic E-state index is 0.797. The minimum absolute atomic E-state index is 0.797. The molecule has 3 unspecified atom stereocenters. The zero-order valence-electron chi connectivity index (χ0n) is 6.72. The average molecular weight is 139 g/mol. The first kappa shape index (κ1) is 6.66. The fraction of sp³-hybridized carbons (Fsp3) is 1.00. The third-order valence-corrected chi connectivity index (χ3v) is 3.22. The Bertz CT molecular complexity index is 129. The molecule has 0 amide bonds.